The predicted octanol–water partition coefficient (Wildman–Crippen LogP) is 1.32. The zero-order valence-electron chi connectivity index (χ0n) is 16.8. The van der Waals surface area contributed by atoms with Crippen LogP contribution < -0.4 is 11.3 Å². The number of carbonyl (C=O) groups is 2. The molecule has 114 valence electrons. The number of anilines is 1. The Balaban J connectivity index is 2.48. The van der Waals surface area contributed by atoms with E-state index in [1.165, 1.54) is 12.1 Å². The molecule has 0 aliphatic heterocycles. The second-order valence-electron chi connectivity index (χ2n) is 5.26. The molecule has 1 aromatic heterocycles. The highest BCUT2D eigenvalue weighted by Gasteiger charge is 2.41. The summed E-state index contributed by atoms with van der Waals surface area (Å²) in [4.78, 5) is 42.1. The summed E-state index contributed by atoms with van der Waals surface area (Å²) < 4.78 is 40.8. The molecule has 0 radical (unpaired) electrons. The number of Topliss-reactive ketones (excluding diaryl/α,β-unsaturated/α-hetero) is 2. The van der Waals surface area contributed by atoms with Crippen LogP contribution in [-0.4, -0.2) is 21.1 Å². The number of rotatable bonds is 1. The van der Waals surface area contributed by atoms with Crippen molar-refractivity contribution in [1.82, 2.24) is 9.55 Å². The molecular formula is C16H17N3O3. The standard InChI is InChI=1S/C16H17N3O3/c1-9-18-12-5-3-4-11(17)14(12)15(22)19(9)16(2)7-6-10(20)8-13(16)21/h3-5H,6-8,17H2,1-2H3/i1D,6D2,7D2. The summed E-state index contributed by atoms with van der Waals surface area (Å²) in [6.07, 6.45) is -6.93. The molecule has 1 aromatic carbocycles. The molecule has 0 saturated heterocycles. The molecular weight excluding hydrogens is 282 g/mol. The Morgan fingerprint density at radius 2 is 2.18 bits per heavy atom. The van der Waals surface area contributed by atoms with Crippen molar-refractivity contribution in [2.24, 2.45) is 0 Å². The Morgan fingerprint density at radius 1 is 1.41 bits per heavy atom. The molecule has 1 fully saturated rings. The van der Waals surface area contributed by atoms with Gasteiger partial charge in [-0.25, -0.2) is 4.98 Å². The Hall–Kier alpha value is -2.50. The van der Waals surface area contributed by atoms with Gasteiger partial charge in [0.05, 0.1) is 17.3 Å². The highest BCUT2D eigenvalue weighted by Crippen LogP contribution is 2.30. The van der Waals surface area contributed by atoms with E-state index >= 15 is 0 Å². The van der Waals surface area contributed by atoms with Crippen molar-refractivity contribution in [3.8, 4) is 0 Å². The normalized spacial score (nSPS) is 30.1. The minimum atomic E-state index is -3.06. The van der Waals surface area contributed by atoms with Gasteiger partial charge in [0.1, 0.15) is 17.1 Å². The van der Waals surface area contributed by atoms with Gasteiger partial charge >= 0.3 is 0 Å². The quantitative estimate of drug-likeness (QED) is 0.633. The van der Waals surface area contributed by atoms with Crippen molar-refractivity contribution in [3.05, 3.63) is 34.4 Å². The molecule has 6 nitrogen and oxygen atoms in total. The fraction of sp³-hybridized carbons (Fsp3) is 0.375. The van der Waals surface area contributed by atoms with Gasteiger partial charge in [-0.05, 0) is 32.3 Å². The summed E-state index contributed by atoms with van der Waals surface area (Å²) in [5.74, 6) is -2.37. The number of aryl methyl sites for hydroxylation is 1. The van der Waals surface area contributed by atoms with Crippen LogP contribution in [0.25, 0.3) is 10.9 Å². The molecule has 1 aliphatic carbocycles. The molecule has 1 aliphatic rings. The molecule has 3 rings (SSSR count). The Kier molecular flexibility index (Phi) is 2.06. The summed E-state index contributed by atoms with van der Waals surface area (Å²) in [6, 6.07) is 4.50. The molecule has 0 spiro atoms. The molecule has 0 bridgehead atoms. The third-order valence-electron chi connectivity index (χ3n) is 3.76. The molecule has 6 heteroatoms. The van der Waals surface area contributed by atoms with Gasteiger partial charge in [0.25, 0.3) is 5.56 Å². The van der Waals surface area contributed by atoms with Gasteiger partial charge in [-0.3, -0.25) is 19.0 Å². The summed E-state index contributed by atoms with van der Waals surface area (Å²) in [7, 11) is 0. The number of nitrogens with two attached hydrogens (primary N) is 1. The summed E-state index contributed by atoms with van der Waals surface area (Å²) in [5.41, 5.74) is 2.87. The second-order valence-corrected chi connectivity index (χ2v) is 5.26. The number of nitrogens with zero attached hydrogens (tertiary/aromatic N) is 2. The van der Waals surface area contributed by atoms with E-state index in [0.717, 1.165) is 6.92 Å². The van der Waals surface area contributed by atoms with Gasteiger partial charge in [-0.1, -0.05) is 6.07 Å². The lowest BCUT2D eigenvalue weighted by atomic mass is 9.81. The van der Waals surface area contributed by atoms with Crippen molar-refractivity contribution in [3.63, 3.8) is 0 Å². The first kappa shape index (κ1) is 9.50. The number of hydrogen-bond acceptors (Lipinski definition) is 5. The van der Waals surface area contributed by atoms with E-state index in [-0.39, 0.29) is 22.4 Å². The molecule has 2 aromatic rings. The third-order valence-corrected chi connectivity index (χ3v) is 3.76. The molecule has 1 heterocycles. The third kappa shape index (κ3) is 1.94. The zero-order valence-corrected chi connectivity index (χ0v) is 11.8. The van der Waals surface area contributed by atoms with Crippen molar-refractivity contribution in [1.29, 1.82) is 0 Å². The van der Waals surface area contributed by atoms with E-state index in [4.69, 9.17) is 12.6 Å². The maximum atomic E-state index is 13.2. The number of ketones is 2. The van der Waals surface area contributed by atoms with Gasteiger partial charge in [-0.15, -0.1) is 0 Å². The SMILES string of the molecule is [2H]Cc1nc2cccc(N)c2c(=O)n1C1(C)C(=O)CC(=O)C([2H])([2H])C1([2H])[2H]. The van der Waals surface area contributed by atoms with Crippen molar-refractivity contribution in [2.75, 3.05) is 5.73 Å². The van der Waals surface area contributed by atoms with Crippen LogP contribution >= 0.6 is 0 Å². The van der Waals surface area contributed by atoms with Gasteiger partial charge in [-0.2, -0.15) is 0 Å². The number of aromatic nitrogens is 2. The molecule has 2 N–H and O–H groups in total. The smallest absolute Gasteiger partial charge is 0.264 e. The van der Waals surface area contributed by atoms with Crippen LogP contribution in [0.15, 0.2) is 23.0 Å². The maximum absolute atomic E-state index is 13.2. The van der Waals surface area contributed by atoms with Crippen LogP contribution in [0.3, 0.4) is 0 Å². The van der Waals surface area contributed by atoms with Crippen LogP contribution in [0.1, 0.15) is 38.8 Å². The Bertz CT molecular complexity index is 1050. The topological polar surface area (TPSA) is 95.0 Å². The first-order valence-corrected chi connectivity index (χ1v) is 6.57. The molecule has 1 unspecified atom stereocenters. The van der Waals surface area contributed by atoms with E-state index in [1.807, 2.05) is 0 Å². The average molecular weight is 304 g/mol. The van der Waals surface area contributed by atoms with Crippen LogP contribution in [0.5, 0.6) is 0 Å². The first-order valence-electron chi connectivity index (χ1n) is 9.28. The van der Waals surface area contributed by atoms with E-state index in [2.05, 4.69) is 4.98 Å². The Morgan fingerprint density at radius 3 is 2.91 bits per heavy atom. The van der Waals surface area contributed by atoms with Crippen molar-refractivity contribution < 1.29 is 16.4 Å². The van der Waals surface area contributed by atoms with Gasteiger partial charge in [0, 0.05) is 18.9 Å². The number of fused-ring (bicyclic) bond motifs is 1. The molecule has 22 heavy (non-hydrogen) atoms. The number of nitrogen functional groups attached to an aromatic ring is 1. The fourth-order valence-corrected chi connectivity index (χ4v) is 2.57. The molecule has 1 saturated carbocycles. The van der Waals surface area contributed by atoms with Gasteiger partial charge in [0.2, 0.25) is 0 Å². The lowest BCUT2D eigenvalue weighted by Crippen LogP contribution is -2.49. The van der Waals surface area contributed by atoms with Crippen LogP contribution in [-0.2, 0) is 15.1 Å². The zero-order chi connectivity index (χ0) is 20.4. The lowest BCUT2D eigenvalue weighted by Gasteiger charge is -2.34. The predicted molar refractivity (Wildman–Crippen MR) is 82.7 cm³/mol. The van der Waals surface area contributed by atoms with Gasteiger partial charge < -0.3 is 5.73 Å². The fourth-order valence-electron chi connectivity index (χ4n) is 2.57. The minimum Gasteiger partial charge on any atom is -0.398 e. The summed E-state index contributed by atoms with van der Waals surface area (Å²) in [6.45, 7) is 0.503. The van der Waals surface area contributed by atoms with Crippen LogP contribution in [0.4, 0.5) is 5.69 Å². The van der Waals surface area contributed by atoms with Crippen molar-refractivity contribution in [2.45, 2.75) is 38.5 Å². The Labute approximate surface area is 134 Å². The van der Waals surface area contributed by atoms with E-state index in [0.29, 0.717) is 4.57 Å². The first-order chi connectivity index (χ1) is 12.4. The van der Waals surface area contributed by atoms with Crippen LogP contribution in [0, 0.1) is 6.90 Å². The minimum absolute atomic E-state index is 0.0572. The highest BCUT2D eigenvalue weighted by molar-refractivity contribution is 6.05. The van der Waals surface area contributed by atoms with E-state index in [9.17, 15) is 14.4 Å². The van der Waals surface area contributed by atoms with Crippen molar-refractivity contribution >= 4 is 28.2 Å². The van der Waals surface area contributed by atoms with E-state index in [1.54, 1.807) is 6.07 Å². The number of carbonyl (C=O) groups excluding carboxylic acids is 2. The monoisotopic (exact) mass is 304 g/mol. The second kappa shape index (κ2) is 4.76. The van der Waals surface area contributed by atoms with Gasteiger partial charge in [0.15, 0.2) is 5.78 Å². The maximum Gasteiger partial charge on any atom is 0.264 e. The number of benzene rings is 1. The lowest BCUT2D eigenvalue weighted by molar-refractivity contribution is -0.136. The summed E-state index contributed by atoms with van der Waals surface area (Å²) in [5, 5.41) is -0.0583. The largest absolute Gasteiger partial charge is 0.398 e. The van der Waals surface area contributed by atoms with Crippen LogP contribution in [0.2, 0.25) is 0 Å². The molecule has 0 amide bonds. The average Bonchev–Trinajstić information content (AvgIpc) is 2.59. The number of hydrogen-bond donors (Lipinski definition) is 1. The summed E-state index contributed by atoms with van der Waals surface area (Å²) >= 11 is 0. The molecule has 1 atom stereocenters. The van der Waals surface area contributed by atoms with E-state index < -0.39 is 48.7 Å². The highest BCUT2D eigenvalue weighted by atomic mass is 16.2.